The third-order valence-electron chi connectivity index (χ3n) is 4.61. The molecular weight excluding hydrogens is 376 g/mol. The summed E-state index contributed by atoms with van der Waals surface area (Å²) in [6.45, 7) is 4.02. The second kappa shape index (κ2) is 11.9. The van der Waals surface area contributed by atoms with Gasteiger partial charge in [-0.2, -0.15) is 5.26 Å². The van der Waals surface area contributed by atoms with Gasteiger partial charge in [-0.1, -0.05) is 36.4 Å². The first-order valence-electron chi connectivity index (χ1n) is 9.32. The van der Waals surface area contributed by atoms with Crippen molar-refractivity contribution in [3.63, 3.8) is 0 Å². The number of carboxylic acid groups (broad SMARTS) is 1. The molecule has 4 N–H and O–H groups in total. The van der Waals surface area contributed by atoms with Crippen LogP contribution >= 0.6 is 0 Å². The SMILES string of the molecule is C#C.C/C=C(O)\C(=C/CC1=CC(C)=C(c2ccc(CN)cc2)CC(C#N)=C1)C(=O)O. The van der Waals surface area contributed by atoms with E-state index < -0.39 is 5.97 Å². The van der Waals surface area contributed by atoms with Crippen LogP contribution in [0.2, 0.25) is 0 Å². The Morgan fingerprint density at radius 1 is 1.23 bits per heavy atom. The summed E-state index contributed by atoms with van der Waals surface area (Å²) in [4.78, 5) is 11.3. The second-order valence-corrected chi connectivity index (χ2v) is 6.54. The normalized spacial score (nSPS) is 14.5. The summed E-state index contributed by atoms with van der Waals surface area (Å²) in [5.74, 6) is -1.47. The van der Waals surface area contributed by atoms with Crippen LogP contribution in [0.4, 0.5) is 0 Å². The minimum absolute atomic E-state index is 0.154. The van der Waals surface area contributed by atoms with Gasteiger partial charge in [0.2, 0.25) is 0 Å². The zero-order valence-electron chi connectivity index (χ0n) is 17.2. The molecule has 0 saturated carbocycles. The molecule has 0 fully saturated rings. The highest BCUT2D eigenvalue weighted by Crippen LogP contribution is 2.31. The highest BCUT2D eigenvalue weighted by atomic mass is 16.4. The molecule has 0 saturated heterocycles. The summed E-state index contributed by atoms with van der Waals surface area (Å²) in [6.07, 6.45) is 15.3. The van der Waals surface area contributed by atoms with Crippen LogP contribution in [0.5, 0.6) is 0 Å². The summed E-state index contributed by atoms with van der Waals surface area (Å²) in [6, 6.07) is 10.2. The average Bonchev–Trinajstić information content (AvgIpc) is 2.93. The van der Waals surface area contributed by atoms with Crippen molar-refractivity contribution in [1.82, 2.24) is 0 Å². The summed E-state index contributed by atoms with van der Waals surface area (Å²) < 4.78 is 0. The van der Waals surface area contributed by atoms with E-state index in [2.05, 4.69) is 18.9 Å². The lowest BCUT2D eigenvalue weighted by Crippen LogP contribution is -2.03. The number of allylic oxidation sites excluding steroid dienone is 8. The van der Waals surface area contributed by atoms with Crippen LogP contribution in [0, 0.1) is 24.2 Å². The minimum atomic E-state index is -1.19. The van der Waals surface area contributed by atoms with Gasteiger partial charge in [0, 0.05) is 18.5 Å². The molecule has 0 bridgehead atoms. The monoisotopic (exact) mass is 402 g/mol. The number of hydrogen-bond donors (Lipinski definition) is 3. The van der Waals surface area contributed by atoms with Gasteiger partial charge < -0.3 is 15.9 Å². The molecule has 0 aromatic heterocycles. The number of terminal acetylenes is 1. The first-order chi connectivity index (χ1) is 14.4. The quantitative estimate of drug-likeness (QED) is 0.274. The molecule has 5 heteroatoms. The first kappa shape index (κ1) is 24.2. The number of carboxylic acids is 1. The Morgan fingerprint density at radius 2 is 1.87 bits per heavy atom. The number of nitrogens with two attached hydrogens (primary N) is 1. The predicted molar refractivity (Wildman–Crippen MR) is 120 cm³/mol. The highest BCUT2D eigenvalue weighted by molar-refractivity contribution is 5.91. The summed E-state index contributed by atoms with van der Waals surface area (Å²) in [5, 5.41) is 28.5. The number of nitrogens with zero attached hydrogens (tertiary/aromatic N) is 1. The van der Waals surface area contributed by atoms with E-state index in [1.807, 2.05) is 37.3 Å². The van der Waals surface area contributed by atoms with Crippen LogP contribution in [-0.2, 0) is 11.3 Å². The number of aliphatic hydroxyl groups excluding tert-OH is 1. The molecule has 1 aromatic carbocycles. The van der Waals surface area contributed by atoms with E-state index in [9.17, 15) is 20.3 Å². The van der Waals surface area contributed by atoms with Crippen molar-refractivity contribution in [3.05, 3.63) is 87.7 Å². The maximum Gasteiger partial charge on any atom is 0.339 e. The summed E-state index contributed by atoms with van der Waals surface area (Å²) >= 11 is 0. The third-order valence-corrected chi connectivity index (χ3v) is 4.61. The van der Waals surface area contributed by atoms with Gasteiger partial charge in [-0.05, 0) is 60.3 Å². The molecular formula is C25H26N2O3. The molecule has 0 spiro atoms. The van der Waals surface area contributed by atoms with Gasteiger partial charge in [-0.15, -0.1) is 12.8 Å². The zero-order chi connectivity index (χ0) is 22.7. The zero-order valence-corrected chi connectivity index (χ0v) is 17.2. The van der Waals surface area contributed by atoms with Crippen molar-refractivity contribution in [2.24, 2.45) is 5.73 Å². The molecule has 5 nitrogen and oxygen atoms in total. The number of nitriles is 1. The number of carbonyl (C=O) groups is 1. The number of aliphatic hydroxyl groups is 1. The molecule has 1 aliphatic carbocycles. The molecule has 1 aromatic rings. The van der Waals surface area contributed by atoms with Crippen molar-refractivity contribution in [2.45, 2.75) is 33.2 Å². The Hall–Kier alpha value is -3.80. The molecule has 0 heterocycles. The van der Waals surface area contributed by atoms with Gasteiger partial charge in [0.15, 0.2) is 0 Å². The van der Waals surface area contributed by atoms with E-state index in [-0.39, 0.29) is 11.3 Å². The van der Waals surface area contributed by atoms with E-state index in [0.717, 1.165) is 27.8 Å². The molecule has 0 radical (unpaired) electrons. The molecule has 0 unspecified atom stereocenters. The Morgan fingerprint density at radius 3 is 2.37 bits per heavy atom. The van der Waals surface area contributed by atoms with E-state index >= 15 is 0 Å². The minimum Gasteiger partial charge on any atom is -0.507 e. The number of rotatable bonds is 6. The fourth-order valence-corrected chi connectivity index (χ4v) is 3.05. The van der Waals surface area contributed by atoms with Crippen LogP contribution in [0.1, 0.15) is 37.8 Å². The Labute approximate surface area is 177 Å². The van der Waals surface area contributed by atoms with Crippen molar-refractivity contribution in [1.29, 1.82) is 5.26 Å². The fraction of sp³-hybridized carbons (Fsp3) is 0.200. The summed E-state index contributed by atoms with van der Waals surface area (Å²) in [5.41, 5.74) is 11.0. The second-order valence-electron chi connectivity index (χ2n) is 6.54. The van der Waals surface area contributed by atoms with Crippen molar-refractivity contribution in [3.8, 4) is 18.9 Å². The highest BCUT2D eigenvalue weighted by Gasteiger charge is 2.15. The lowest BCUT2D eigenvalue weighted by molar-refractivity contribution is -0.132. The van der Waals surface area contributed by atoms with Gasteiger partial charge in [0.25, 0.3) is 0 Å². The van der Waals surface area contributed by atoms with E-state index in [4.69, 9.17) is 5.73 Å². The lowest BCUT2D eigenvalue weighted by Gasteiger charge is -2.10. The molecule has 0 aliphatic heterocycles. The molecule has 0 atom stereocenters. The van der Waals surface area contributed by atoms with Crippen LogP contribution < -0.4 is 5.73 Å². The van der Waals surface area contributed by atoms with Gasteiger partial charge >= 0.3 is 5.97 Å². The van der Waals surface area contributed by atoms with E-state index in [1.165, 1.54) is 12.2 Å². The van der Waals surface area contributed by atoms with E-state index in [0.29, 0.717) is 25.0 Å². The van der Waals surface area contributed by atoms with Crippen molar-refractivity contribution < 1.29 is 15.0 Å². The Bertz CT molecular complexity index is 995. The van der Waals surface area contributed by atoms with Crippen LogP contribution in [0.3, 0.4) is 0 Å². The van der Waals surface area contributed by atoms with Gasteiger partial charge in [0.05, 0.1) is 11.6 Å². The Kier molecular flexibility index (Phi) is 9.62. The van der Waals surface area contributed by atoms with Crippen LogP contribution in [0.25, 0.3) is 5.57 Å². The van der Waals surface area contributed by atoms with Gasteiger partial charge in [0.1, 0.15) is 5.76 Å². The summed E-state index contributed by atoms with van der Waals surface area (Å²) in [7, 11) is 0. The number of benzene rings is 1. The van der Waals surface area contributed by atoms with Crippen LogP contribution in [0.15, 0.2) is 76.6 Å². The molecule has 1 aliphatic rings. The standard InChI is InChI=1S/C23H24N2O3.C2H2/c1-3-22(26)20(23(27)28)9-6-17-10-15(2)21(12-18(11-17)14-25)19-7-4-16(13-24)5-8-19;1-2/h3-5,7-11,26H,6,12-13,24H2,1-2H3,(H,27,28);1-2H/b20-9+,22-3+;. The van der Waals surface area contributed by atoms with Crippen LogP contribution in [-0.4, -0.2) is 16.2 Å². The van der Waals surface area contributed by atoms with Gasteiger partial charge in [-0.3, -0.25) is 0 Å². The van der Waals surface area contributed by atoms with Gasteiger partial charge in [-0.25, -0.2) is 4.79 Å². The fourth-order valence-electron chi connectivity index (χ4n) is 3.05. The topological polar surface area (TPSA) is 107 Å². The predicted octanol–water partition coefficient (Wildman–Crippen LogP) is 4.81. The van der Waals surface area contributed by atoms with Crippen molar-refractivity contribution in [2.75, 3.05) is 0 Å². The van der Waals surface area contributed by atoms with E-state index in [1.54, 1.807) is 13.0 Å². The maximum atomic E-state index is 11.3. The average molecular weight is 402 g/mol. The molecule has 30 heavy (non-hydrogen) atoms. The lowest BCUT2D eigenvalue weighted by atomic mass is 9.95. The third kappa shape index (κ3) is 6.38. The first-order valence-corrected chi connectivity index (χ1v) is 9.32. The number of aliphatic carboxylic acids is 1. The van der Waals surface area contributed by atoms with Crippen molar-refractivity contribution >= 4 is 11.5 Å². The molecule has 0 amide bonds. The molecule has 154 valence electrons. The smallest absolute Gasteiger partial charge is 0.339 e. The largest absolute Gasteiger partial charge is 0.507 e. The molecule has 2 rings (SSSR count). The Balaban J connectivity index is 0.00000218. The maximum absolute atomic E-state index is 11.3. The number of hydrogen-bond acceptors (Lipinski definition) is 4.